The summed E-state index contributed by atoms with van der Waals surface area (Å²) in [5.41, 5.74) is 3.97. The Morgan fingerprint density at radius 3 is 2.52 bits per heavy atom. The van der Waals surface area contributed by atoms with Crippen LogP contribution < -0.4 is 5.32 Å². The van der Waals surface area contributed by atoms with Gasteiger partial charge < -0.3 is 9.73 Å². The number of carbonyl (C=O) groups is 1. The first-order valence-electron chi connectivity index (χ1n) is 7.19. The van der Waals surface area contributed by atoms with Crippen molar-refractivity contribution >= 4 is 11.6 Å². The van der Waals surface area contributed by atoms with E-state index in [0.29, 0.717) is 17.0 Å². The Bertz CT molecular complexity index is 865. The molecule has 0 saturated carbocycles. The molecule has 0 bridgehead atoms. The summed E-state index contributed by atoms with van der Waals surface area (Å²) in [6.07, 6.45) is 1.53. The Kier molecular flexibility index (Phi) is 3.69. The van der Waals surface area contributed by atoms with E-state index in [9.17, 15) is 4.79 Å². The van der Waals surface area contributed by atoms with Gasteiger partial charge in [0.05, 0.1) is 11.3 Å². The second-order valence-corrected chi connectivity index (χ2v) is 5.42. The first-order valence-corrected chi connectivity index (χ1v) is 7.19. The Balaban J connectivity index is 1.86. The summed E-state index contributed by atoms with van der Waals surface area (Å²) in [5, 5.41) is 14.0. The summed E-state index contributed by atoms with van der Waals surface area (Å²) in [6, 6.07) is 5.56. The summed E-state index contributed by atoms with van der Waals surface area (Å²) >= 11 is 0. The van der Waals surface area contributed by atoms with E-state index in [1.807, 2.05) is 39.0 Å². The third-order valence-corrected chi connectivity index (χ3v) is 3.84. The third kappa shape index (κ3) is 2.73. The van der Waals surface area contributed by atoms with Gasteiger partial charge in [0, 0.05) is 11.3 Å². The summed E-state index contributed by atoms with van der Waals surface area (Å²) in [7, 11) is 0. The highest BCUT2D eigenvalue weighted by atomic mass is 16.3. The number of anilines is 1. The maximum Gasteiger partial charge on any atom is 0.259 e. The lowest BCUT2D eigenvalue weighted by Gasteiger charge is -2.09. The standard InChI is InChI=1S/C16H17N5O2/c1-9-7-13(5-6-14(9)21-8-17-19-20-21)18-16(22)15-10(2)11(3)23-12(15)4/h5-8H,1-4H3,(H,18,22). The second kappa shape index (κ2) is 5.68. The highest BCUT2D eigenvalue weighted by Crippen LogP contribution is 2.23. The molecule has 3 aromatic rings. The molecule has 2 aromatic heterocycles. The van der Waals surface area contributed by atoms with E-state index < -0.39 is 0 Å². The number of carbonyl (C=O) groups excluding carboxylic acids is 1. The molecule has 0 radical (unpaired) electrons. The summed E-state index contributed by atoms with van der Waals surface area (Å²) in [6.45, 7) is 7.46. The molecule has 118 valence electrons. The van der Waals surface area contributed by atoms with Crippen molar-refractivity contribution < 1.29 is 9.21 Å². The van der Waals surface area contributed by atoms with Crippen molar-refractivity contribution in [2.75, 3.05) is 5.32 Å². The van der Waals surface area contributed by atoms with Gasteiger partial charge >= 0.3 is 0 Å². The van der Waals surface area contributed by atoms with Crippen LogP contribution in [0.1, 0.15) is 33.0 Å². The fraction of sp³-hybridized carbons (Fsp3) is 0.250. The van der Waals surface area contributed by atoms with Gasteiger partial charge in [-0.05, 0) is 61.9 Å². The Morgan fingerprint density at radius 1 is 1.17 bits per heavy atom. The van der Waals surface area contributed by atoms with Crippen LogP contribution in [0.25, 0.3) is 5.69 Å². The third-order valence-electron chi connectivity index (χ3n) is 3.84. The van der Waals surface area contributed by atoms with Gasteiger partial charge in [0.15, 0.2) is 0 Å². The largest absolute Gasteiger partial charge is 0.466 e. The monoisotopic (exact) mass is 311 g/mol. The molecule has 0 unspecified atom stereocenters. The molecule has 1 aromatic carbocycles. The average Bonchev–Trinajstić information content (AvgIpc) is 3.08. The molecule has 0 saturated heterocycles. The van der Waals surface area contributed by atoms with E-state index in [4.69, 9.17) is 4.42 Å². The van der Waals surface area contributed by atoms with Crippen LogP contribution in [0.15, 0.2) is 28.9 Å². The molecule has 7 heteroatoms. The number of hydrogen-bond acceptors (Lipinski definition) is 5. The molecule has 1 N–H and O–H groups in total. The Morgan fingerprint density at radius 2 is 1.96 bits per heavy atom. The highest BCUT2D eigenvalue weighted by Gasteiger charge is 2.18. The molecule has 0 aliphatic carbocycles. The molecule has 1 amide bonds. The van der Waals surface area contributed by atoms with E-state index in [1.165, 1.54) is 6.33 Å². The van der Waals surface area contributed by atoms with E-state index in [1.54, 1.807) is 11.6 Å². The summed E-state index contributed by atoms with van der Waals surface area (Å²) in [5.74, 6) is 1.21. The first-order chi connectivity index (χ1) is 11.0. The number of amides is 1. The zero-order valence-electron chi connectivity index (χ0n) is 13.4. The lowest BCUT2D eigenvalue weighted by Crippen LogP contribution is -2.14. The zero-order valence-corrected chi connectivity index (χ0v) is 13.4. The van der Waals surface area contributed by atoms with Gasteiger partial charge in [-0.2, -0.15) is 0 Å². The van der Waals surface area contributed by atoms with Crippen molar-refractivity contribution in [1.29, 1.82) is 0 Å². The van der Waals surface area contributed by atoms with Crippen LogP contribution in [0.3, 0.4) is 0 Å². The lowest BCUT2D eigenvalue weighted by atomic mass is 10.1. The van der Waals surface area contributed by atoms with Crippen LogP contribution in [0.4, 0.5) is 5.69 Å². The smallest absolute Gasteiger partial charge is 0.259 e. The minimum absolute atomic E-state index is 0.175. The van der Waals surface area contributed by atoms with Gasteiger partial charge in [-0.25, -0.2) is 4.68 Å². The summed E-state index contributed by atoms with van der Waals surface area (Å²) in [4.78, 5) is 12.5. The van der Waals surface area contributed by atoms with Crippen LogP contribution in [-0.4, -0.2) is 26.1 Å². The van der Waals surface area contributed by atoms with Gasteiger partial charge in [-0.15, -0.1) is 5.10 Å². The zero-order chi connectivity index (χ0) is 16.6. The number of aromatic nitrogens is 4. The lowest BCUT2D eigenvalue weighted by molar-refractivity contribution is 0.102. The van der Waals surface area contributed by atoms with Gasteiger partial charge in [-0.3, -0.25) is 4.79 Å². The quantitative estimate of drug-likeness (QED) is 0.803. The predicted octanol–water partition coefficient (Wildman–Crippen LogP) is 2.74. The molecule has 0 aliphatic rings. The number of nitrogens with one attached hydrogen (secondary N) is 1. The van der Waals surface area contributed by atoms with Crippen LogP contribution in [0.5, 0.6) is 0 Å². The van der Waals surface area contributed by atoms with Crippen LogP contribution >= 0.6 is 0 Å². The van der Waals surface area contributed by atoms with E-state index in [0.717, 1.165) is 22.6 Å². The minimum atomic E-state index is -0.175. The number of furan rings is 1. The SMILES string of the molecule is Cc1cc(NC(=O)c2c(C)oc(C)c2C)ccc1-n1cnnn1. The molecule has 7 nitrogen and oxygen atoms in total. The number of nitrogens with zero attached hydrogens (tertiary/aromatic N) is 4. The molecule has 0 aliphatic heterocycles. The van der Waals surface area contributed by atoms with Crippen LogP contribution in [0.2, 0.25) is 0 Å². The first kappa shape index (κ1) is 15.0. The van der Waals surface area contributed by atoms with Crippen molar-refractivity contribution in [2.24, 2.45) is 0 Å². The Hall–Kier alpha value is -2.96. The molecule has 2 heterocycles. The van der Waals surface area contributed by atoms with E-state index in [2.05, 4.69) is 20.8 Å². The van der Waals surface area contributed by atoms with Crippen molar-refractivity contribution in [3.05, 3.63) is 52.7 Å². The number of benzene rings is 1. The molecular weight excluding hydrogens is 294 g/mol. The molecule has 3 rings (SSSR count). The topological polar surface area (TPSA) is 85.8 Å². The van der Waals surface area contributed by atoms with E-state index in [-0.39, 0.29) is 5.91 Å². The van der Waals surface area contributed by atoms with Crippen molar-refractivity contribution in [3.63, 3.8) is 0 Å². The molecular formula is C16H17N5O2. The number of tetrazole rings is 1. The van der Waals surface area contributed by atoms with Gasteiger partial charge in [0.2, 0.25) is 0 Å². The maximum atomic E-state index is 12.5. The van der Waals surface area contributed by atoms with Crippen molar-refractivity contribution in [2.45, 2.75) is 27.7 Å². The normalized spacial score (nSPS) is 10.8. The average molecular weight is 311 g/mol. The van der Waals surface area contributed by atoms with Gasteiger partial charge in [0.25, 0.3) is 5.91 Å². The highest BCUT2D eigenvalue weighted by molar-refractivity contribution is 6.06. The van der Waals surface area contributed by atoms with Gasteiger partial charge in [-0.1, -0.05) is 0 Å². The molecule has 0 fully saturated rings. The Labute approximate surface area is 133 Å². The number of aryl methyl sites for hydroxylation is 3. The van der Waals surface area contributed by atoms with Crippen molar-refractivity contribution in [3.8, 4) is 5.69 Å². The minimum Gasteiger partial charge on any atom is -0.466 e. The number of rotatable bonds is 3. The van der Waals surface area contributed by atoms with E-state index >= 15 is 0 Å². The predicted molar refractivity (Wildman–Crippen MR) is 84.8 cm³/mol. The maximum absolute atomic E-state index is 12.5. The van der Waals surface area contributed by atoms with Gasteiger partial charge in [0.1, 0.15) is 17.8 Å². The second-order valence-electron chi connectivity index (χ2n) is 5.42. The molecule has 23 heavy (non-hydrogen) atoms. The van der Waals surface area contributed by atoms with Crippen LogP contribution in [-0.2, 0) is 0 Å². The molecule has 0 atom stereocenters. The fourth-order valence-corrected chi connectivity index (χ4v) is 2.58. The fourth-order valence-electron chi connectivity index (χ4n) is 2.58. The molecule has 0 spiro atoms. The summed E-state index contributed by atoms with van der Waals surface area (Å²) < 4.78 is 7.09. The van der Waals surface area contributed by atoms with Crippen molar-refractivity contribution in [1.82, 2.24) is 20.2 Å². The van der Waals surface area contributed by atoms with Crippen LogP contribution in [0, 0.1) is 27.7 Å². The number of hydrogen-bond donors (Lipinski definition) is 1.